The highest BCUT2D eigenvalue weighted by Gasteiger charge is 2.26. The highest BCUT2D eigenvalue weighted by Crippen LogP contribution is 2.12. The average molecular weight is 274 g/mol. The summed E-state index contributed by atoms with van der Waals surface area (Å²) in [6.45, 7) is 16.0. The minimum absolute atomic E-state index is 0.107. The summed E-state index contributed by atoms with van der Waals surface area (Å²) in [6, 6.07) is 0. The minimum Gasteiger partial charge on any atom is -0.462 e. The molecule has 0 aliphatic rings. The topological polar surface area (TPSA) is 46.5 Å². The number of likely N-dealkylation sites (N-methyl/N-ethyl adjacent to an activating group) is 1. The summed E-state index contributed by atoms with van der Waals surface area (Å²) >= 11 is 0. The first kappa shape index (κ1) is 18.4. The van der Waals surface area contributed by atoms with Crippen LogP contribution >= 0.6 is 0 Å². The number of aliphatic hydroxyl groups is 1. The van der Waals surface area contributed by atoms with Crippen LogP contribution < -0.4 is 0 Å². The number of esters is 1. The predicted molar refractivity (Wildman–Crippen MR) is 77.7 cm³/mol. The Bertz CT molecular complexity index is 254. The number of hydrogen-bond acceptors (Lipinski definition) is 3. The Kier molecular flexibility index (Phi) is 8.26. The van der Waals surface area contributed by atoms with Gasteiger partial charge in [0.1, 0.15) is 19.3 Å². The molecule has 0 saturated heterocycles. The van der Waals surface area contributed by atoms with E-state index in [1.165, 1.54) is 0 Å². The molecule has 2 atom stereocenters. The first-order valence-electron chi connectivity index (χ1n) is 7.51. The molecule has 4 heteroatoms. The van der Waals surface area contributed by atoms with Crippen LogP contribution in [0.1, 0.15) is 41.5 Å². The Morgan fingerprint density at radius 2 is 1.58 bits per heavy atom. The van der Waals surface area contributed by atoms with E-state index < -0.39 is 6.10 Å². The molecule has 0 spiro atoms. The van der Waals surface area contributed by atoms with Crippen molar-refractivity contribution in [1.82, 2.24) is 0 Å². The number of nitrogens with zero attached hydrogens (tertiary/aromatic N) is 1. The molecule has 0 fully saturated rings. The van der Waals surface area contributed by atoms with E-state index in [9.17, 15) is 9.90 Å². The van der Waals surface area contributed by atoms with Crippen LogP contribution in [0.4, 0.5) is 0 Å². The molecule has 4 nitrogen and oxygen atoms in total. The van der Waals surface area contributed by atoms with Gasteiger partial charge in [-0.25, -0.2) is 0 Å². The van der Waals surface area contributed by atoms with Crippen LogP contribution in [-0.4, -0.2) is 54.4 Å². The first-order valence-corrected chi connectivity index (χ1v) is 7.51. The third-order valence-corrected chi connectivity index (χ3v) is 4.40. The smallest absolute Gasteiger partial charge is 0.309 e. The second-order valence-corrected chi connectivity index (χ2v) is 5.79. The molecule has 0 aliphatic heterocycles. The van der Waals surface area contributed by atoms with Crippen LogP contribution in [0, 0.1) is 11.8 Å². The number of rotatable bonds is 9. The third-order valence-electron chi connectivity index (χ3n) is 4.40. The zero-order valence-electron chi connectivity index (χ0n) is 13.5. The van der Waals surface area contributed by atoms with Gasteiger partial charge < -0.3 is 14.3 Å². The molecule has 0 aromatic carbocycles. The second-order valence-electron chi connectivity index (χ2n) is 5.79. The molecule has 0 amide bonds. The summed E-state index contributed by atoms with van der Waals surface area (Å²) < 4.78 is 6.07. The molecular weight excluding hydrogens is 242 g/mol. The van der Waals surface area contributed by atoms with E-state index >= 15 is 0 Å². The first-order chi connectivity index (χ1) is 8.81. The molecule has 114 valence electrons. The Balaban J connectivity index is 4.25. The summed E-state index contributed by atoms with van der Waals surface area (Å²) in [7, 11) is 0. The number of carbonyl (C=O) groups is 1. The zero-order valence-corrected chi connectivity index (χ0v) is 13.5. The van der Waals surface area contributed by atoms with E-state index in [0.29, 0.717) is 6.54 Å². The fraction of sp³-hybridized carbons (Fsp3) is 0.933. The van der Waals surface area contributed by atoms with Gasteiger partial charge in [0, 0.05) is 0 Å². The van der Waals surface area contributed by atoms with Crippen molar-refractivity contribution in [2.75, 3.05) is 32.8 Å². The molecule has 0 saturated carbocycles. The van der Waals surface area contributed by atoms with Gasteiger partial charge in [0.15, 0.2) is 0 Å². The van der Waals surface area contributed by atoms with Crippen LogP contribution in [0.25, 0.3) is 0 Å². The van der Waals surface area contributed by atoms with Gasteiger partial charge in [0.25, 0.3) is 0 Å². The maximum Gasteiger partial charge on any atom is 0.309 e. The molecular formula is C15H32NO3+. The van der Waals surface area contributed by atoms with Crippen molar-refractivity contribution in [1.29, 1.82) is 0 Å². The molecule has 1 N–H and O–H groups in total. The summed E-state index contributed by atoms with van der Waals surface area (Å²) in [5.41, 5.74) is 0. The normalized spacial score (nSPS) is 15.4. The van der Waals surface area contributed by atoms with Gasteiger partial charge in [-0.1, -0.05) is 20.8 Å². The maximum atomic E-state index is 11.7. The maximum absolute atomic E-state index is 11.7. The SMILES string of the molecule is CC[N+](CC)(CC)CC(O)COC(=O)C(C)C(C)C. The van der Waals surface area contributed by atoms with Gasteiger partial charge in [-0.05, 0) is 26.7 Å². The molecule has 0 aromatic heterocycles. The molecule has 0 aromatic rings. The fourth-order valence-electron chi connectivity index (χ4n) is 2.14. The zero-order chi connectivity index (χ0) is 15.1. The lowest BCUT2D eigenvalue weighted by atomic mass is 9.99. The quantitative estimate of drug-likeness (QED) is 0.517. The van der Waals surface area contributed by atoms with Crippen molar-refractivity contribution in [3.63, 3.8) is 0 Å². The van der Waals surface area contributed by atoms with E-state index in [2.05, 4.69) is 20.8 Å². The summed E-state index contributed by atoms with van der Waals surface area (Å²) in [5, 5.41) is 10.1. The number of carbonyl (C=O) groups excluding carboxylic acids is 1. The van der Waals surface area contributed by atoms with Crippen molar-refractivity contribution in [3.05, 3.63) is 0 Å². The Morgan fingerprint density at radius 1 is 1.11 bits per heavy atom. The number of ether oxygens (including phenoxy) is 1. The fourth-order valence-corrected chi connectivity index (χ4v) is 2.14. The number of aliphatic hydroxyl groups excluding tert-OH is 1. The highest BCUT2D eigenvalue weighted by molar-refractivity contribution is 5.72. The predicted octanol–water partition coefficient (Wildman–Crippen LogP) is 2.06. The minimum atomic E-state index is -0.580. The lowest BCUT2D eigenvalue weighted by Crippen LogP contribution is -2.52. The molecule has 2 unspecified atom stereocenters. The molecule has 0 radical (unpaired) electrons. The van der Waals surface area contributed by atoms with E-state index in [0.717, 1.165) is 24.1 Å². The molecule has 0 bridgehead atoms. The lowest BCUT2D eigenvalue weighted by molar-refractivity contribution is -0.926. The lowest BCUT2D eigenvalue weighted by Gasteiger charge is -2.37. The third kappa shape index (κ3) is 5.91. The van der Waals surface area contributed by atoms with E-state index in [1.54, 1.807) is 0 Å². The van der Waals surface area contributed by atoms with Crippen molar-refractivity contribution in [2.45, 2.75) is 47.6 Å². The number of hydrogen-bond donors (Lipinski definition) is 1. The van der Waals surface area contributed by atoms with Gasteiger partial charge >= 0.3 is 5.97 Å². The van der Waals surface area contributed by atoms with Gasteiger partial charge in [0.2, 0.25) is 0 Å². The van der Waals surface area contributed by atoms with Gasteiger partial charge in [-0.15, -0.1) is 0 Å². The molecule has 0 rings (SSSR count). The summed E-state index contributed by atoms with van der Waals surface area (Å²) in [5.74, 6) is -0.0620. The van der Waals surface area contributed by atoms with E-state index in [4.69, 9.17) is 4.74 Å². The van der Waals surface area contributed by atoms with Crippen LogP contribution in [0.2, 0.25) is 0 Å². The Morgan fingerprint density at radius 3 is 1.95 bits per heavy atom. The van der Waals surface area contributed by atoms with Crippen molar-refractivity contribution in [3.8, 4) is 0 Å². The summed E-state index contributed by atoms with van der Waals surface area (Å²) in [4.78, 5) is 11.7. The van der Waals surface area contributed by atoms with E-state index in [-0.39, 0.29) is 24.4 Å². The molecule has 0 aliphatic carbocycles. The second kappa shape index (κ2) is 8.54. The standard InChI is InChI=1S/C15H32NO3/c1-7-16(8-2,9-3)10-14(17)11-19-15(18)13(6)12(4)5/h12-14,17H,7-11H2,1-6H3/q+1. The Labute approximate surface area is 118 Å². The average Bonchev–Trinajstić information content (AvgIpc) is 2.41. The molecule has 19 heavy (non-hydrogen) atoms. The van der Waals surface area contributed by atoms with Crippen LogP contribution in [0.3, 0.4) is 0 Å². The van der Waals surface area contributed by atoms with E-state index in [1.807, 2.05) is 20.8 Å². The van der Waals surface area contributed by atoms with Crippen LogP contribution in [-0.2, 0) is 9.53 Å². The monoisotopic (exact) mass is 274 g/mol. The highest BCUT2D eigenvalue weighted by atomic mass is 16.5. The summed E-state index contributed by atoms with van der Waals surface area (Å²) in [6.07, 6.45) is -0.580. The van der Waals surface area contributed by atoms with Crippen molar-refractivity contribution in [2.24, 2.45) is 11.8 Å². The Hall–Kier alpha value is -0.610. The van der Waals surface area contributed by atoms with Crippen LogP contribution in [0.15, 0.2) is 0 Å². The molecule has 0 heterocycles. The largest absolute Gasteiger partial charge is 0.462 e. The number of quaternary nitrogens is 1. The van der Waals surface area contributed by atoms with Gasteiger partial charge in [-0.2, -0.15) is 0 Å². The van der Waals surface area contributed by atoms with Gasteiger partial charge in [-0.3, -0.25) is 4.79 Å². The van der Waals surface area contributed by atoms with Crippen molar-refractivity contribution < 1.29 is 19.1 Å². The van der Waals surface area contributed by atoms with Crippen LogP contribution in [0.5, 0.6) is 0 Å². The van der Waals surface area contributed by atoms with Crippen molar-refractivity contribution >= 4 is 5.97 Å². The van der Waals surface area contributed by atoms with Gasteiger partial charge in [0.05, 0.1) is 25.6 Å².